The molecule has 0 atom stereocenters. The van der Waals surface area contributed by atoms with Crippen LogP contribution in [0.15, 0.2) is 42.5 Å². The van der Waals surface area contributed by atoms with Crippen molar-refractivity contribution in [3.63, 3.8) is 0 Å². The van der Waals surface area contributed by atoms with Crippen LogP contribution in [-0.2, 0) is 13.1 Å². The fraction of sp³-hybridized carbons (Fsp3) is 0.429. The van der Waals surface area contributed by atoms with Crippen LogP contribution in [0.1, 0.15) is 18.1 Å². The monoisotopic (exact) mass is 374 g/mol. The average molecular weight is 375 g/mol. The van der Waals surface area contributed by atoms with Gasteiger partial charge in [0.15, 0.2) is 11.5 Å². The van der Waals surface area contributed by atoms with Crippen LogP contribution in [-0.4, -0.2) is 49.7 Å². The number of benzene rings is 2. The zero-order chi connectivity index (χ0) is 18.4. The van der Waals surface area contributed by atoms with Crippen molar-refractivity contribution in [3.05, 3.63) is 58.6 Å². The molecule has 2 aromatic carbocycles. The summed E-state index contributed by atoms with van der Waals surface area (Å²) >= 11 is 6.29. The van der Waals surface area contributed by atoms with E-state index in [4.69, 9.17) is 21.1 Å². The smallest absolute Gasteiger partial charge is 0.161 e. The van der Waals surface area contributed by atoms with E-state index in [1.54, 1.807) is 7.11 Å². The molecule has 0 radical (unpaired) electrons. The van der Waals surface area contributed by atoms with Crippen LogP contribution in [0.5, 0.6) is 11.5 Å². The molecule has 0 saturated carbocycles. The van der Waals surface area contributed by atoms with Crippen LogP contribution in [0.3, 0.4) is 0 Å². The third kappa shape index (κ3) is 4.91. The van der Waals surface area contributed by atoms with Gasteiger partial charge in [-0.15, -0.1) is 0 Å². The van der Waals surface area contributed by atoms with Crippen molar-refractivity contribution in [2.24, 2.45) is 0 Å². The summed E-state index contributed by atoms with van der Waals surface area (Å²) in [6.07, 6.45) is 0. The first kappa shape index (κ1) is 19.0. The summed E-state index contributed by atoms with van der Waals surface area (Å²) in [5.74, 6) is 1.62. The minimum absolute atomic E-state index is 0.639. The van der Waals surface area contributed by atoms with Crippen molar-refractivity contribution in [3.8, 4) is 11.5 Å². The van der Waals surface area contributed by atoms with Crippen LogP contribution < -0.4 is 9.47 Å². The first-order valence-corrected chi connectivity index (χ1v) is 9.55. The molecule has 0 amide bonds. The highest BCUT2D eigenvalue weighted by Gasteiger charge is 2.18. The molecule has 5 heteroatoms. The Morgan fingerprint density at radius 3 is 2.27 bits per heavy atom. The van der Waals surface area contributed by atoms with Gasteiger partial charge >= 0.3 is 0 Å². The van der Waals surface area contributed by atoms with Gasteiger partial charge in [-0.05, 0) is 36.2 Å². The summed E-state index contributed by atoms with van der Waals surface area (Å²) in [6.45, 7) is 8.71. The highest BCUT2D eigenvalue weighted by molar-refractivity contribution is 6.31. The summed E-state index contributed by atoms with van der Waals surface area (Å²) < 4.78 is 11.1. The normalized spacial score (nSPS) is 15.8. The van der Waals surface area contributed by atoms with Crippen LogP contribution in [0.25, 0.3) is 0 Å². The standard InChI is InChI=1S/C21H27ClN2O2/c1-3-26-21-14-17(8-9-20(21)25-2)15-23-10-12-24(13-11-23)16-18-6-4-5-7-19(18)22/h4-9,14H,3,10-13,15-16H2,1-2H3. The van der Waals surface area contributed by atoms with E-state index in [0.29, 0.717) is 6.61 Å². The molecule has 0 aliphatic carbocycles. The number of halogens is 1. The van der Waals surface area contributed by atoms with E-state index in [0.717, 1.165) is 55.8 Å². The molecule has 0 aromatic heterocycles. The van der Waals surface area contributed by atoms with Gasteiger partial charge in [-0.25, -0.2) is 0 Å². The highest BCUT2D eigenvalue weighted by atomic mass is 35.5. The van der Waals surface area contributed by atoms with Gasteiger partial charge in [0.1, 0.15) is 0 Å². The Hall–Kier alpha value is -1.75. The van der Waals surface area contributed by atoms with Crippen molar-refractivity contribution in [2.45, 2.75) is 20.0 Å². The molecule has 1 aliphatic heterocycles. The van der Waals surface area contributed by atoms with Gasteiger partial charge in [0.25, 0.3) is 0 Å². The van der Waals surface area contributed by atoms with Crippen molar-refractivity contribution in [1.29, 1.82) is 0 Å². The first-order valence-electron chi connectivity index (χ1n) is 9.17. The average Bonchev–Trinajstić information content (AvgIpc) is 2.66. The molecule has 0 bridgehead atoms. The van der Waals surface area contributed by atoms with Crippen molar-refractivity contribution in [2.75, 3.05) is 39.9 Å². The zero-order valence-corrected chi connectivity index (χ0v) is 16.3. The minimum atomic E-state index is 0.639. The maximum atomic E-state index is 6.29. The molecule has 0 unspecified atom stereocenters. The molecule has 2 aromatic rings. The molecule has 0 spiro atoms. The maximum absolute atomic E-state index is 6.29. The van der Waals surface area contributed by atoms with Crippen molar-refractivity contribution < 1.29 is 9.47 Å². The second-order valence-corrected chi connectivity index (χ2v) is 6.97. The Kier molecular flexibility index (Phi) is 6.78. The topological polar surface area (TPSA) is 24.9 Å². The highest BCUT2D eigenvalue weighted by Crippen LogP contribution is 2.28. The van der Waals surface area contributed by atoms with Gasteiger partial charge < -0.3 is 9.47 Å². The Morgan fingerprint density at radius 1 is 0.923 bits per heavy atom. The number of methoxy groups -OCH3 is 1. The van der Waals surface area contributed by atoms with E-state index in [2.05, 4.69) is 34.1 Å². The van der Waals surface area contributed by atoms with E-state index in [9.17, 15) is 0 Å². The summed E-state index contributed by atoms with van der Waals surface area (Å²) in [5.41, 5.74) is 2.47. The fourth-order valence-electron chi connectivity index (χ4n) is 3.32. The predicted octanol–water partition coefficient (Wildman–Crippen LogP) is 4.07. The summed E-state index contributed by atoms with van der Waals surface area (Å²) in [7, 11) is 1.68. The number of hydrogen-bond acceptors (Lipinski definition) is 4. The fourth-order valence-corrected chi connectivity index (χ4v) is 3.51. The van der Waals surface area contributed by atoms with E-state index in [-0.39, 0.29) is 0 Å². The molecule has 1 fully saturated rings. The maximum Gasteiger partial charge on any atom is 0.161 e. The second-order valence-electron chi connectivity index (χ2n) is 6.56. The third-order valence-corrected chi connectivity index (χ3v) is 5.12. The number of rotatable bonds is 7. The van der Waals surface area contributed by atoms with Crippen LogP contribution in [0.4, 0.5) is 0 Å². The lowest BCUT2D eigenvalue weighted by molar-refractivity contribution is 0.122. The molecule has 1 aliphatic rings. The molecule has 1 saturated heterocycles. The Morgan fingerprint density at radius 2 is 1.62 bits per heavy atom. The lowest BCUT2D eigenvalue weighted by Crippen LogP contribution is -2.45. The van der Waals surface area contributed by atoms with Crippen LogP contribution in [0.2, 0.25) is 5.02 Å². The lowest BCUT2D eigenvalue weighted by atomic mass is 10.1. The molecule has 0 N–H and O–H groups in total. The Labute approximate surface area is 161 Å². The predicted molar refractivity (Wildman–Crippen MR) is 106 cm³/mol. The Bertz CT molecular complexity index is 715. The molecule has 26 heavy (non-hydrogen) atoms. The minimum Gasteiger partial charge on any atom is -0.493 e. The van der Waals surface area contributed by atoms with E-state index in [1.165, 1.54) is 11.1 Å². The molecular weight excluding hydrogens is 348 g/mol. The molecular formula is C21H27ClN2O2. The Balaban J connectivity index is 1.54. The summed E-state index contributed by atoms with van der Waals surface area (Å²) in [4.78, 5) is 4.96. The van der Waals surface area contributed by atoms with Crippen molar-refractivity contribution in [1.82, 2.24) is 9.80 Å². The second kappa shape index (κ2) is 9.26. The van der Waals surface area contributed by atoms with Gasteiger partial charge in [-0.2, -0.15) is 0 Å². The van der Waals surface area contributed by atoms with Gasteiger partial charge in [0, 0.05) is 44.3 Å². The van der Waals surface area contributed by atoms with Crippen molar-refractivity contribution >= 4 is 11.6 Å². The molecule has 1 heterocycles. The summed E-state index contributed by atoms with van der Waals surface area (Å²) in [5, 5.41) is 0.858. The van der Waals surface area contributed by atoms with Crippen LogP contribution >= 0.6 is 11.6 Å². The lowest BCUT2D eigenvalue weighted by Gasteiger charge is -2.35. The number of ether oxygens (including phenoxy) is 2. The van der Waals surface area contributed by atoms with Gasteiger partial charge in [0.05, 0.1) is 13.7 Å². The van der Waals surface area contributed by atoms with Crippen LogP contribution in [0, 0.1) is 0 Å². The largest absolute Gasteiger partial charge is 0.493 e. The molecule has 4 nitrogen and oxygen atoms in total. The van der Waals surface area contributed by atoms with Gasteiger partial charge in [-0.1, -0.05) is 35.9 Å². The number of piperazine rings is 1. The van der Waals surface area contributed by atoms with Gasteiger partial charge in [-0.3, -0.25) is 9.80 Å². The first-order chi connectivity index (χ1) is 12.7. The summed E-state index contributed by atoms with van der Waals surface area (Å²) in [6, 6.07) is 14.3. The quantitative estimate of drug-likeness (QED) is 0.729. The molecule has 140 valence electrons. The van der Waals surface area contributed by atoms with E-state index in [1.807, 2.05) is 25.1 Å². The SMILES string of the molecule is CCOc1cc(CN2CCN(Cc3ccccc3Cl)CC2)ccc1OC. The van der Waals surface area contributed by atoms with E-state index < -0.39 is 0 Å². The zero-order valence-electron chi connectivity index (χ0n) is 15.6. The number of hydrogen-bond donors (Lipinski definition) is 0. The molecule has 3 rings (SSSR count). The third-order valence-electron chi connectivity index (χ3n) is 4.75. The van der Waals surface area contributed by atoms with Gasteiger partial charge in [0.2, 0.25) is 0 Å². The number of nitrogens with zero attached hydrogens (tertiary/aromatic N) is 2. The van der Waals surface area contributed by atoms with E-state index >= 15 is 0 Å².